The van der Waals surface area contributed by atoms with Gasteiger partial charge in [0.2, 0.25) is 0 Å². The van der Waals surface area contributed by atoms with Crippen molar-refractivity contribution < 1.29 is 9.18 Å². The summed E-state index contributed by atoms with van der Waals surface area (Å²) in [7, 11) is 1.81. The number of hydrogen-bond donors (Lipinski definition) is 1. The van der Waals surface area contributed by atoms with E-state index in [2.05, 4.69) is 15.4 Å². The Morgan fingerprint density at radius 2 is 2.10 bits per heavy atom. The zero-order chi connectivity index (χ0) is 15.6. The number of aryl methyl sites for hydroxylation is 1. The summed E-state index contributed by atoms with van der Waals surface area (Å²) in [5.74, 6) is -1.09. The van der Waals surface area contributed by atoms with Crippen molar-refractivity contribution in [3.05, 3.63) is 47.8 Å². The average Bonchev–Trinajstić information content (AvgIpc) is 2.81. The quantitative estimate of drug-likeness (QED) is 0.944. The molecule has 0 fully saturated rings. The molecule has 0 aromatic carbocycles. The standard InChI is InChI=1S/C15H19FN4O/c1-15(2,3)13(10-7-18-20(4)9-10)19-14(21)11-5-6-17-8-12(11)16/h5-9,13H,1-4H3,(H,19,21)/t13-/m1/s1. The number of carbonyl (C=O) groups is 1. The van der Waals surface area contributed by atoms with Crippen LogP contribution >= 0.6 is 0 Å². The van der Waals surface area contributed by atoms with Crippen LogP contribution in [0, 0.1) is 11.2 Å². The first-order valence-corrected chi connectivity index (χ1v) is 6.68. The normalized spacial score (nSPS) is 13.0. The van der Waals surface area contributed by atoms with Crippen molar-refractivity contribution in [2.75, 3.05) is 0 Å². The Labute approximate surface area is 123 Å². The van der Waals surface area contributed by atoms with Crippen LogP contribution < -0.4 is 5.32 Å². The monoisotopic (exact) mass is 290 g/mol. The molecule has 1 amide bonds. The molecule has 2 aromatic heterocycles. The lowest BCUT2D eigenvalue weighted by molar-refractivity contribution is 0.0897. The summed E-state index contributed by atoms with van der Waals surface area (Å²) in [5, 5.41) is 7.01. The van der Waals surface area contributed by atoms with Gasteiger partial charge in [-0.3, -0.25) is 14.5 Å². The van der Waals surface area contributed by atoms with Gasteiger partial charge in [0, 0.05) is 25.0 Å². The van der Waals surface area contributed by atoms with Crippen molar-refractivity contribution in [1.29, 1.82) is 0 Å². The van der Waals surface area contributed by atoms with Gasteiger partial charge in [-0.2, -0.15) is 5.10 Å². The van der Waals surface area contributed by atoms with Crippen molar-refractivity contribution in [2.45, 2.75) is 26.8 Å². The molecule has 0 bridgehead atoms. The Morgan fingerprint density at radius 3 is 2.62 bits per heavy atom. The highest BCUT2D eigenvalue weighted by atomic mass is 19.1. The summed E-state index contributed by atoms with van der Waals surface area (Å²) in [6, 6.07) is 1.10. The second kappa shape index (κ2) is 5.63. The Morgan fingerprint density at radius 1 is 1.38 bits per heavy atom. The van der Waals surface area contributed by atoms with Gasteiger partial charge in [0.25, 0.3) is 5.91 Å². The molecular formula is C15H19FN4O. The Hall–Kier alpha value is -2.24. The number of halogens is 1. The third-order valence-electron chi connectivity index (χ3n) is 3.22. The van der Waals surface area contributed by atoms with E-state index in [1.807, 2.05) is 34.0 Å². The van der Waals surface area contributed by atoms with E-state index < -0.39 is 11.7 Å². The van der Waals surface area contributed by atoms with Crippen LogP contribution in [-0.4, -0.2) is 20.7 Å². The minimum atomic E-state index is -0.631. The average molecular weight is 290 g/mol. The van der Waals surface area contributed by atoms with Crippen LogP contribution in [0.15, 0.2) is 30.9 Å². The Balaban J connectivity index is 2.28. The van der Waals surface area contributed by atoms with Crippen molar-refractivity contribution in [3.63, 3.8) is 0 Å². The summed E-state index contributed by atoms with van der Waals surface area (Å²) < 4.78 is 15.3. The Kier molecular flexibility index (Phi) is 4.06. The molecule has 5 nitrogen and oxygen atoms in total. The van der Waals surface area contributed by atoms with Crippen LogP contribution in [-0.2, 0) is 7.05 Å². The molecule has 0 aliphatic carbocycles. The van der Waals surface area contributed by atoms with Crippen molar-refractivity contribution in [2.24, 2.45) is 12.5 Å². The van der Waals surface area contributed by atoms with E-state index in [0.717, 1.165) is 11.8 Å². The first-order valence-electron chi connectivity index (χ1n) is 6.68. The summed E-state index contributed by atoms with van der Waals surface area (Å²) in [6.45, 7) is 6.02. The van der Waals surface area contributed by atoms with Crippen LogP contribution in [0.2, 0.25) is 0 Å². The largest absolute Gasteiger partial charge is 0.344 e. The van der Waals surface area contributed by atoms with E-state index >= 15 is 0 Å². The summed E-state index contributed by atoms with van der Waals surface area (Å²) in [6.07, 6.45) is 5.98. The molecule has 6 heteroatoms. The van der Waals surface area contributed by atoms with E-state index in [1.54, 1.807) is 10.9 Å². The van der Waals surface area contributed by atoms with Crippen LogP contribution in [0.25, 0.3) is 0 Å². The molecule has 0 unspecified atom stereocenters. The van der Waals surface area contributed by atoms with E-state index in [9.17, 15) is 9.18 Å². The van der Waals surface area contributed by atoms with E-state index in [4.69, 9.17) is 0 Å². The van der Waals surface area contributed by atoms with Gasteiger partial charge in [0.15, 0.2) is 5.82 Å². The van der Waals surface area contributed by atoms with Gasteiger partial charge in [0.05, 0.1) is 24.0 Å². The van der Waals surface area contributed by atoms with E-state index in [0.29, 0.717) is 0 Å². The van der Waals surface area contributed by atoms with Gasteiger partial charge in [-0.25, -0.2) is 4.39 Å². The first-order chi connectivity index (χ1) is 9.79. The minimum Gasteiger partial charge on any atom is -0.344 e. The molecule has 0 saturated carbocycles. The third kappa shape index (κ3) is 3.45. The number of pyridine rings is 1. The van der Waals surface area contributed by atoms with Crippen molar-refractivity contribution in [3.8, 4) is 0 Å². The predicted octanol–water partition coefficient (Wildman–Crippen LogP) is 2.47. The Bertz CT molecular complexity index is 645. The second-order valence-corrected chi connectivity index (χ2v) is 6.08. The highest BCUT2D eigenvalue weighted by Gasteiger charge is 2.29. The van der Waals surface area contributed by atoms with Gasteiger partial charge < -0.3 is 5.32 Å². The second-order valence-electron chi connectivity index (χ2n) is 6.08. The maximum absolute atomic E-state index is 13.7. The number of nitrogens with zero attached hydrogens (tertiary/aromatic N) is 3. The molecule has 0 aliphatic heterocycles. The lowest BCUT2D eigenvalue weighted by atomic mass is 9.83. The van der Waals surface area contributed by atoms with Crippen LogP contribution in [0.3, 0.4) is 0 Å². The fourth-order valence-electron chi connectivity index (χ4n) is 2.16. The van der Waals surface area contributed by atoms with E-state index in [1.165, 1.54) is 12.3 Å². The zero-order valence-corrected chi connectivity index (χ0v) is 12.6. The molecule has 2 aromatic rings. The first kappa shape index (κ1) is 15.2. The molecule has 1 atom stereocenters. The molecule has 0 radical (unpaired) electrons. The number of amides is 1. The summed E-state index contributed by atoms with van der Waals surface area (Å²) in [4.78, 5) is 15.9. The van der Waals surface area contributed by atoms with Crippen LogP contribution in [0.5, 0.6) is 0 Å². The third-order valence-corrected chi connectivity index (χ3v) is 3.22. The van der Waals surface area contributed by atoms with Gasteiger partial charge in [-0.05, 0) is 11.5 Å². The minimum absolute atomic E-state index is 0.0110. The fourth-order valence-corrected chi connectivity index (χ4v) is 2.16. The van der Waals surface area contributed by atoms with Crippen LogP contribution in [0.1, 0.15) is 42.7 Å². The summed E-state index contributed by atoms with van der Waals surface area (Å²) >= 11 is 0. The maximum atomic E-state index is 13.7. The lowest BCUT2D eigenvalue weighted by Gasteiger charge is -2.30. The molecular weight excluding hydrogens is 271 g/mol. The van der Waals surface area contributed by atoms with Gasteiger partial charge in [-0.1, -0.05) is 20.8 Å². The number of nitrogens with one attached hydrogen (secondary N) is 1. The predicted molar refractivity (Wildman–Crippen MR) is 77.1 cm³/mol. The maximum Gasteiger partial charge on any atom is 0.254 e. The molecule has 112 valence electrons. The molecule has 1 N–H and O–H groups in total. The molecule has 2 rings (SSSR count). The smallest absolute Gasteiger partial charge is 0.254 e. The molecule has 0 saturated heterocycles. The zero-order valence-electron chi connectivity index (χ0n) is 12.6. The number of carbonyl (C=O) groups excluding carboxylic acids is 1. The topological polar surface area (TPSA) is 59.8 Å². The molecule has 0 spiro atoms. The van der Waals surface area contributed by atoms with Crippen molar-refractivity contribution >= 4 is 5.91 Å². The SMILES string of the molecule is Cn1cc([C@@H](NC(=O)c2ccncc2F)C(C)(C)C)cn1. The van der Waals surface area contributed by atoms with Crippen molar-refractivity contribution in [1.82, 2.24) is 20.1 Å². The molecule has 0 aliphatic rings. The lowest BCUT2D eigenvalue weighted by Crippen LogP contribution is -2.36. The fraction of sp³-hybridized carbons (Fsp3) is 0.400. The highest BCUT2D eigenvalue weighted by molar-refractivity contribution is 5.94. The van der Waals surface area contributed by atoms with Gasteiger partial charge >= 0.3 is 0 Å². The molecule has 21 heavy (non-hydrogen) atoms. The summed E-state index contributed by atoms with van der Waals surface area (Å²) in [5.41, 5.74) is 0.637. The number of aromatic nitrogens is 3. The van der Waals surface area contributed by atoms with Gasteiger partial charge in [0.1, 0.15) is 0 Å². The highest BCUT2D eigenvalue weighted by Crippen LogP contribution is 2.32. The van der Waals surface area contributed by atoms with Gasteiger partial charge in [-0.15, -0.1) is 0 Å². The molecule has 2 heterocycles. The van der Waals surface area contributed by atoms with E-state index in [-0.39, 0.29) is 17.0 Å². The number of rotatable bonds is 3. The number of hydrogen-bond acceptors (Lipinski definition) is 3. The van der Waals surface area contributed by atoms with Crippen LogP contribution in [0.4, 0.5) is 4.39 Å².